The van der Waals surface area contributed by atoms with Crippen LogP contribution in [0.2, 0.25) is 0 Å². The van der Waals surface area contributed by atoms with E-state index in [2.05, 4.69) is 43.4 Å². The molecule has 1 aliphatic rings. The Labute approximate surface area is 100 Å². The second-order valence-electron chi connectivity index (χ2n) is 4.16. The molecule has 0 saturated carbocycles. The van der Waals surface area contributed by atoms with E-state index in [4.69, 9.17) is 9.59 Å². The minimum atomic E-state index is 0.170. The van der Waals surface area contributed by atoms with Gasteiger partial charge < -0.3 is 5.32 Å². The van der Waals surface area contributed by atoms with E-state index in [1.807, 2.05) is 0 Å². The average Bonchev–Trinajstić information content (AvgIpc) is 2.60. The van der Waals surface area contributed by atoms with Crippen LogP contribution in [0.1, 0.15) is 30.4 Å². The lowest BCUT2D eigenvalue weighted by molar-refractivity contribution is -0.191. The number of nitrogens with one attached hydrogen (secondary N) is 1. The number of hydrogen-bond acceptors (Lipinski definition) is 3. The van der Waals surface area contributed by atoms with E-state index >= 15 is 0 Å². The molecule has 0 unspecified atom stereocenters. The van der Waals surface area contributed by atoms with E-state index in [1.54, 1.807) is 0 Å². The molecule has 0 aliphatic carbocycles. The lowest BCUT2D eigenvalue weighted by Crippen LogP contribution is -2.24. The summed E-state index contributed by atoms with van der Waals surface area (Å²) >= 11 is 0. The number of benzene rings is 1. The second-order valence-corrected chi connectivity index (χ2v) is 4.16. The van der Waals surface area contributed by atoms with Crippen molar-refractivity contribution in [3.63, 3.8) is 0 Å². The number of hydrogen-bond donors (Lipinski definition) is 1. The van der Waals surface area contributed by atoms with E-state index < -0.39 is 0 Å². The second kappa shape index (κ2) is 5.97. The SMILES string of the molecule is Cc1ccc([C@@H]2CC(=O)N[C@@H]2C)cc1.O=C=O. The number of carbonyl (C=O) groups excluding carboxylic acids is 3. The lowest BCUT2D eigenvalue weighted by atomic mass is 9.92. The van der Waals surface area contributed by atoms with Crippen LogP contribution in [0.15, 0.2) is 24.3 Å². The average molecular weight is 233 g/mol. The molecule has 17 heavy (non-hydrogen) atoms. The molecule has 1 saturated heterocycles. The molecule has 90 valence electrons. The molecule has 2 atom stereocenters. The van der Waals surface area contributed by atoms with Crippen molar-refractivity contribution in [2.45, 2.75) is 32.2 Å². The standard InChI is InChI=1S/C12H15NO.CO2/c1-8-3-5-10(6-4-8)11-7-12(14)13-9(11)2;2-1-3/h3-6,9,11H,7H2,1-2H3,(H,13,14);/t9-,11-;/m1./s1. The van der Waals surface area contributed by atoms with Crippen molar-refractivity contribution in [2.24, 2.45) is 0 Å². The molecule has 0 radical (unpaired) electrons. The number of amides is 1. The molecule has 2 rings (SSSR count). The summed E-state index contributed by atoms with van der Waals surface area (Å²) < 4.78 is 0. The Kier molecular flexibility index (Phi) is 4.61. The molecule has 1 aromatic carbocycles. The zero-order chi connectivity index (χ0) is 12.8. The number of rotatable bonds is 1. The maximum absolute atomic E-state index is 11.2. The Morgan fingerprint density at radius 1 is 1.24 bits per heavy atom. The first-order chi connectivity index (χ1) is 8.08. The highest BCUT2D eigenvalue weighted by Crippen LogP contribution is 2.28. The van der Waals surface area contributed by atoms with Crippen LogP contribution in [0.5, 0.6) is 0 Å². The Balaban J connectivity index is 0.000000437. The van der Waals surface area contributed by atoms with Gasteiger partial charge in [0.2, 0.25) is 5.91 Å². The fourth-order valence-electron chi connectivity index (χ4n) is 2.01. The Morgan fingerprint density at radius 3 is 2.18 bits per heavy atom. The predicted octanol–water partition coefficient (Wildman–Crippen LogP) is 1.40. The highest BCUT2D eigenvalue weighted by atomic mass is 16.2. The molecular formula is C13H15NO3. The van der Waals surface area contributed by atoms with Crippen LogP contribution in [0.3, 0.4) is 0 Å². The Morgan fingerprint density at radius 2 is 1.76 bits per heavy atom. The van der Waals surface area contributed by atoms with Crippen molar-refractivity contribution in [1.29, 1.82) is 0 Å². The van der Waals surface area contributed by atoms with Gasteiger partial charge in [0.25, 0.3) is 0 Å². The minimum Gasteiger partial charge on any atom is -0.353 e. The van der Waals surface area contributed by atoms with Crippen molar-refractivity contribution in [1.82, 2.24) is 5.32 Å². The van der Waals surface area contributed by atoms with Crippen LogP contribution in [-0.2, 0) is 14.4 Å². The zero-order valence-corrected chi connectivity index (χ0v) is 9.90. The largest absolute Gasteiger partial charge is 0.373 e. The van der Waals surface area contributed by atoms with Gasteiger partial charge in [-0.3, -0.25) is 4.79 Å². The van der Waals surface area contributed by atoms with Crippen molar-refractivity contribution in [2.75, 3.05) is 0 Å². The fourth-order valence-corrected chi connectivity index (χ4v) is 2.01. The predicted molar refractivity (Wildman–Crippen MR) is 61.1 cm³/mol. The first kappa shape index (κ1) is 13.1. The first-order valence-corrected chi connectivity index (χ1v) is 5.43. The Hall–Kier alpha value is -1.93. The summed E-state index contributed by atoms with van der Waals surface area (Å²) in [7, 11) is 0. The smallest absolute Gasteiger partial charge is 0.353 e. The maximum Gasteiger partial charge on any atom is 0.373 e. The van der Waals surface area contributed by atoms with Crippen molar-refractivity contribution in [3.05, 3.63) is 35.4 Å². The van der Waals surface area contributed by atoms with Crippen LogP contribution in [-0.4, -0.2) is 18.1 Å². The normalized spacial score (nSPS) is 22.1. The van der Waals surface area contributed by atoms with Gasteiger partial charge in [-0.2, -0.15) is 9.59 Å². The Bertz CT molecular complexity index is 419. The molecular weight excluding hydrogens is 218 g/mol. The van der Waals surface area contributed by atoms with E-state index in [0.29, 0.717) is 12.3 Å². The van der Waals surface area contributed by atoms with Gasteiger partial charge in [-0.25, -0.2) is 0 Å². The van der Waals surface area contributed by atoms with Gasteiger partial charge in [-0.05, 0) is 19.4 Å². The van der Waals surface area contributed by atoms with Crippen molar-refractivity contribution in [3.8, 4) is 0 Å². The summed E-state index contributed by atoms with van der Waals surface area (Å²) in [5.41, 5.74) is 2.53. The van der Waals surface area contributed by atoms with Crippen molar-refractivity contribution < 1.29 is 14.4 Å². The first-order valence-electron chi connectivity index (χ1n) is 5.43. The van der Waals surface area contributed by atoms with Crippen LogP contribution >= 0.6 is 0 Å². The van der Waals surface area contributed by atoms with Crippen molar-refractivity contribution >= 4 is 12.1 Å². The summed E-state index contributed by atoms with van der Waals surface area (Å²) in [4.78, 5) is 27.4. The van der Waals surface area contributed by atoms with Gasteiger partial charge in [0, 0.05) is 18.4 Å². The molecule has 1 amide bonds. The van der Waals surface area contributed by atoms with Gasteiger partial charge in [0.15, 0.2) is 0 Å². The third-order valence-electron chi connectivity index (χ3n) is 2.90. The summed E-state index contributed by atoms with van der Waals surface area (Å²) in [6.07, 6.45) is 0.879. The van der Waals surface area contributed by atoms with E-state index in [9.17, 15) is 4.79 Å². The zero-order valence-electron chi connectivity index (χ0n) is 9.90. The van der Waals surface area contributed by atoms with E-state index in [0.717, 1.165) is 0 Å². The molecule has 4 nitrogen and oxygen atoms in total. The number of aryl methyl sites for hydroxylation is 1. The van der Waals surface area contributed by atoms with E-state index in [1.165, 1.54) is 11.1 Å². The van der Waals surface area contributed by atoms with E-state index in [-0.39, 0.29) is 18.1 Å². The highest BCUT2D eigenvalue weighted by Gasteiger charge is 2.29. The molecule has 0 spiro atoms. The molecule has 0 aromatic heterocycles. The number of carbonyl (C=O) groups is 1. The van der Waals surface area contributed by atoms with Crippen LogP contribution in [0, 0.1) is 6.92 Å². The van der Waals surface area contributed by atoms with Gasteiger partial charge in [0.1, 0.15) is 0 Å². The fraction of sp³-hybridized carbons (Fsp3) is 0.385. The molecule has 0 bridgehead atoms. The summed E-state index contributed by atoms with van der Waals surface area (Å²) in [6, 6.07) is 8.72. The molecule has 1 N–H and O–H groups in total. The van der Waals surface area contributed by atoms with Crippen LogP contribution in [0.4, 0.5) is 0 Å². The third kappa shape index (κ3) is 3.54. The monoisotopic (exact) mass is 233 g/mol. The molecule has 4 heteroatoms. The minimum absolute atomic E-state index is 0.170. The summed E-state index contributed by atoms with van der Waals surface area (Å²) in [6.45, 7) is 4.14. The van der Waals surface area contributed by atoms with Gasteiger partial charge in [-0.15, -0.1) is 0 Å². The molecule has 1 fully saturated rings. The summed E-state index contributed by atoms with van der Waals surface area (Å²) in [5, 5.41) is 2.94. The van der Waals surface area contributed by atoms with Gasteiger partial charge in [0.05, 0.1) is 0 Å². The van der Waals surface area contributed by atoms with Crippen LogP contribution in [0.25, 0.3) is 0 Å². The highest BCUT2D eigenvalue weighted by molar-refractivity contribution is 5.80. The lowest BCUT2D eigenvalue weighted by Gasteiger charge is -2.14. The van der Waals surface area contributed by atoms with Gasteiger partial charge in [-0.1, -0.05) is 29.8 Å². The molecule has 1 aromatic rings. The molecule has 1 heterocycles. The molecule has 1 aliphatic heterocycles. The third-order valence-corrected chi connectivity index (χ3v) is 2.90. The van der Waals surface area contributed by atoms with Gasteiger partial charge >= 0.3 is 6.15 Å². The quantitative estimate of drug-likeness (QED) is 0.797. The van der Waals surface area contributed by atoms with Crippen LogP contribution < -0.4 is 5.32 Å². The maximum atomic E-state index is 11.2. The summed E-state index contributed by atoms with van der Waals surface area (Å²) in [5.74, 6) is 0.520. The topological polar surface area (TPSA) is 63.2 Å².